The highest BCUT2D eigenvalue weighted by molar-refractivity contribution is 5.99. The molecule has 0 bridgehead atoms. The molecule has 1 aromatic carbocycles. The van der Waals surface area contributed by atoms with Gasteiger partial charge in [0.1, 0.15) is 17.5 Å². The largest absolute Gasteiger partial charge is 0.416 e. The second-order valence-electron chi connectivity index (χ2n) is 8.67. The summed E-state index contributed by atoms with van der Waals surface area (Å²) in [6.45, 7) is 3.46. The van der Waals surface area contributed by atoms with Gasteiger partial charge in [-0.3, -0.25) is 14.5 Å². The molecule has 0 radical (unpaired) electrons. The second kappa shape index (κ2) is 8.22. The molecule has 6 rings (SSSR count). The molecule has 5 aromatic rings. The standard InChI is InChI=1S/C25H17F4N7O/c1-14(26)24(37)34-11-18(12-34)36-23-19(16-4-7-20-31-13-32-35(20)10-16)8-9-30-22(23)21(33-36)15-2-5-17(6-3-15)25(27,28)29/h2-10,13,18H,1,11-12H2. The van der Waals surface area contributed by atoms with E-state index >= 15 is 0 Å². The molecule has 37 heavy (non-hydrogen) atoms. The summed E-state index contributed by atoms with van der Waals surface area (Å²) >= 11 is 0. The maximum absolute atomic E-state index is 13.4. The van der Waals surface area contributed by atoms with Crippen molar-refractivity contribution in [3.8, 4) is 22.4 Å². The van der Waals surface area contributed by atoms with Gasteiger partial charge in [0.2, 0.25) is 0 Å². The van der Waals surface area contributed by atoms with Crippen LogP contribution in [-0.2, 0) is 11.0 Å². The minimum atomic E-state index is -4.46. The Labute approximate surface area is 206 Å². The highest BCUT2D eigenvalue weighted by atomic mass is 19.4. The van der Waals surface area contributed by atoms with E-state index < -0.39 is 23.5 Å². The summed E-state index contributed by atoms with van der Waals surface area (Å²) < 4.78 is 56.0. The number of carbonyl (C=O) groups is 1. The molecule has 1 aliphatic heterocycles. The summed E-state index contributed by atoms with van der Waals surface area (Å²) in [4.78, 5) is 22.0. The summed E-state index contributed by atoms with van der Waals surface area (Å²) in [5.74, 6) is -1.83. The molecule has 186 valence electrons. The molecule has 1 amide bonds. The number of nitrogens with zero attached hydrogens (tertiary/aromatic N) is 7. The zero-order chi connectivity index (χ0) is 25.9. The van der Waals surface area contributed by atoms with Crippen LogP contribution in [-0.4, -0.2) is 53.3 Å². The lowest BCUT2D eigenvalue weighted by atomic mass is 10.0. The molecule has 12 heteroatoms. The highest BCUT2D eigenvalue weighted by Gasteiger charge is 2.36. The molecule has 1 fully saturated rings. The third-order valence-electron chi connectivity index (χ3n) is 6.38. The lowest BCUT2D eigenvalue weighted by Gasteiger charge is -2.39. The summed E-state index contributed by atoms with van der Waals surface area (Å²) in [7, 11) is 0. The van der Waals surface area contributed by atoms with Gasteiger partial charge in [-0.05, 0) is 30.3 Å². The van der Waals surface area contributed by atoms with Crippen LogP contribution in [0.3, 0.4) is 0 Å². The normalized spacial score (nSPS) is 14.3. The maximum Gasteiger partial charge on any atom is 0.416 e. The molecular formula is C25H17F4N7O. The first kappa shape index (κ1) is 22.8. The van der Waals surface area contributed by atoms with Crippen molar-refractivity contribution in [2.75, 3.05) is 13.1 Å². The van der Waals surface area contributed by atoms with Crippen LogP contribution >= 0.6 is 0 Å². The predicted molar refractivity (Wildman–Crippen MR) is 126 cm³/mol. The zero-order valence-electron chi connectivity index (χ0n) is 19.0. The van der Waals surface area contributed by atoms with Crippen LogP contribution in [0.25, 0.3) is 39.1 Å². The topological polar surface area (TPSA) is 81.2 Å². The van der Waals surface area contributed by atoms with E-state index in [-0.39, 0.29) is 19.1 Å². The Morgan fingerprint density at radius 1 is 1.00 bits per heavy atom. The fourth-order valence-electron chi connectivity index (χ4n) is 4.50. The van der Waals surface area contributed by atoms with Crippen LogP contribution in [0.5, 0.6) is 0 Å². The van der Waals surface area contributed by atoms with E-state index in [4.69, 9.17) is 5.10 Å². The number of amides is 1. The van der Waals surface area contributed by atoms with Gasteiger partial charge in [-0.2, -0.15) is 23.4 Å². The van der Waals surface area contributed by atoms with Crippen LogP contribution in [0.4, 0.5) is 17.6 Å². The minimum Gasteiger partial charge on any atom is -0.332 e. The molecule has 0 N–H and O–H groups in total. The second-order valence-corrected chi connectivity index (χ2v) is 8.67. The summed E-state index contributed by atoms with van der Waals surface area (Å²) in [5.41, 5.74) is 3.40. The number of halogens is 4. The van der Waals surface area contributed by atoms with E-state index in [1.165, 1.54) is 23.4 Å². The number of benzene rings is 1. The van der Waals surface area contributed by atoms with Gasteiger partial charge in [0.25, 0.3) is 5.91 Å². The van der Waals surface area contributed by atoms with E-state index in [2.05, 4.69) is 21.6 Å². The first-order valence-corrected chi connectivity index (χ1v) is 11.2. The number of likely N-dealkylation sites (tertiary alicyclic amines) is 1. The molecule has 5 heterocycles. The molecule has 4 aromatic heterocycles. The summed E-state index contributed by atoms with van der Waals surface area (Å²) in [6, 6.07) is 9.90. The van der Waals surface area contributed by atoms with Gasteiger partial charge in [-0.15, -0.1) is 0 Å². The van der Waals surface area contributed by atoms with Crippen molar-refractivity contribution in [3.05, 3.63) is 79.2 Å². The molecule has 0 spiro atoms. The number of aromatic nitrogens is 6. The van der Waals surface area contributed by atoms with E-state index in [9.17, 15) is 22.4 Å². The lowest BCUT2D eigenvalue weighted by molar-refractivity contribution is -0.137. The lowest BCUT2D eigenvalue weighted by Crippen LogP contribution is -2.51. The van der Waals surface area contributed by atoms with Gasteiger partial charge in [0.15, 0.2) is 11.5 Å². The Bertz CT molecular complexity index is 1680. The van der Waals surface area contributed by atoms with Crippen molar-refractivity contribution in [2.24, 2.45) is 0 Å². The molecule has 0 saturated carbocycles. The van der Waals surface area contributed by atoms with E-state index in [0.717, 1.165) is 23.3 Å². The Balaban J connectivity index is 1.50. The monoisotopic (exact) mass is 507 g/mol. The Kier molecular flexibility index (Phi) is 5.07. The van der Waals surface area contributed by atoms with Crippen LogP contribution in [0.1, 0.15) is 11.6 Å². The van der Waals surface area contributed by atoms with Crippen LogP contribution < -0.4 is 0 Å². The highest BCUT2D eigenvalue weighted by Crippen LogP contribution is 2.38. The van der Waals surface area contributed by atoms with Gasteiger partial charge >= 0.3 is 6.18 Å². The fraction of sp³-hybridized carbons (Fsp3) is 0.160. The van der Waals surface area contributed by atoms with Crippen molar-refractivity contribution in [1.82, 2.24) is 34.3 Å². The third kappa shape index (κ3) is 3.81. The average molecular weight is 507 g/mol. The SMILES string of the molecule is C=C(F)C(=O)N1CC(n2nc(-c3ccc(C(F)(F)F)cc3)c3nccc(-c4ccc5ncnn5c4)c32)C1. The first-order valence-electron chi connectivity index (χ1n) is 11.2. The number of hydrogen-bond acceptors (Lipinski definition) is 5. The van der Waals surface area contributed by atoms with Gasteiger partial charge in [-0.1, -0.05) is 18.7 Å². The maximum atomic E-state index is 13.4. The van der Waals surface area contributed by atoms with E-state index in [1.807, 2.05) is 12.1 Å². The molecule has 0 aliphatic carbocycles. The van der Waals surface area contributed by atoms with E-state index in [1.54, 1.807) is 27.7 Å². The van der Waals surface area contributed by atoms with E-state index in [0.29, 0.717) is 27.9 Å². The number of hydrogen-bond donors (Lipinski definition) is 0. The molecule has 8 nitrogen and oxygen atoms in total. The predicted octanol–water partition coefficient (Wildman–Crippen LogP) is 4.69. The van der Waals surface area contributed by atoms with Crippen LogP contribution in [0.2, 0.25) is 0 Å². The molecular weight excluding hydrogens is 490 g/mol. The fourth-order valence-corrected chi connectivity index (χ4v) is 4.50. The van der Waals surface area contributed by atoms with Crippen molar-refractivity contribution < 1.29 is 22.4 Å². The average Bonchev–Trinajstić information content (AvgIpc) is 3.47. The molecule has 0 unspecified atom stereocenters. The van der Waals surface area contributed by atoms with Crippen molar-refractivity contribution in [3.63, 3.8) is 0 Å². The Morgan fingerprint density at radius 3 is 2.43 bits per heavy atom. The number of carbonyl (C=O) groups excluding carboxylic acids is 1. The van der Waals surface area contributed by atoms with Crippen LogP contribution in [0, 0.1) is 0 Å². The molecule has 1 aliphatic rings. The quantitative estimate of drug-likeness (QED) is 0.260. The minimum absolute atomic E-state index is 0.196. The van der Waals surface area contributed by atoms with Crippen LogP contribution in [0.15, 0.2) is 73.6 Å². The Hall–Kier alpha value is -4.61. The third-order valence-corrected chi connectivity index (χ3v) is 6.38. The van der Waals surface area contributed by atoms with Gasteiger partial charge in [-0.25, -0.2) is 13.9 Å². The number of fused-ring (bicyclic) bond motifs is 2. The number of alkyl halides is 3. The van der Waals surface area contributed by atoms with Gasteiger partial charge in [0, 0.05) is 42.2 Å². The van der Waals surface area contributed by atoms with Crippen molar-refractivity contribution >= 4 is 22.6 Å². The Morgan fingerprint density at radius 2 is 1.73 bits per heavy atom. The first-order chi connectivity index (χ1) is 17.7. The molecule has 1 saturated heterocycles. The van der Waals surface area contributed by atoms with Crippen molar-refractivity contribution in [2.45, 2.75) is 12.2 Å². The number of pyridine rings is 2. The summed E-state index contributed by atoms with van der Waals surface area (Å²) in [6.07, 6.45) is 0.378. The summed E-state index contributed by atoms with van der Waals surface area (Å²) in [5, 5.41) is 8.92. The molecule has 0 atom stereocenters. The van der Waals surface area contributed by atoms with Gasteiger partial charge < -0.3 is 4.90 Å². The number of rotatable bonds is 4. The zero-order valence-corrected chi connectivity index (χ0v) is 19.0. The van der Waals surface area contributed by atoms with Gasteiger partial charge in [0.05, 0.1) is 17.1 Å². The smallest absolute Gasteiger partial charge is 0.332 e. The van der Waals surface area contributed by atoms with Crippen molar-refractivity contribution in [1.29, 1.82) is 0 Å².